The van der Waals surface area contributed by atoms with Crippen LogP contribution in [-0.4, -0.2) is 50.7 Å². The maximum absolute atomic E-state index is 12.2. The van der Waals surface area contributed by atoms with Crippen molar-refractivity contribution >= 4 is 10.0 Å². The number of nitrogens with zero attached hydrogens (tertiary/aromatic N) is 1. The van der Waals surface area contributed by atoms with E-state index in [2.05, 4.69) is 26.1 Å². The van der Waals surface area contributed by atoms with Crippen molar-refractivity contribution in [3.63, 3.8) is 0 Å². The number of piperazine rings is 1. The summed E-state index contributed by atoms with van der Waals surface area (Å²) in [6, 6.07) is -0.0891. The first-order chi connectivity index (χ1) is 7.76. The van der Waals surface area contributed by atoms with Crippen LogP contribution >= 0.6 is 0 Å². The number of nitrogens with one attached hydrogen (secondary N) is 1. The highest BCUT2D eigenvalue weighted by Crippen LogP contribution is 2.21. The zero-order valence-electron chi connectivity index (χ0n) is 11.1. The molecule has 0 aromatic rings. The molecule has 0 saturated carbocycles. The van der Waals surface area contributed by atoms with E-state index >= 15 is 0 Å². The number of hydrogen-bond acceptors (Lipinski definition) is 4. The van der Waals surface area contributed by atoms with Crippen molar-refractivity contribution in [1.82, 2.24) is 9.62 Å². The van der Waals surface area contributed by atoms with Crippen LogP contribution in [0.15, 0.2) is 0 Å². The van der Waals surface area contributed by atoms with E-state index in [-0.39, 0.29) is 17.2 Å². The third-order valence-electron chi connectivity index (χ3n) is 3.04. The van der Waals surface area contributed by atoms with Crippen molar-refractivity contribution in [2.24, 2.45) is 11.1 Å². The molecule has 0 aliphatic carbocycles. The second-order valence-corrected chi connectivity index (χ2v) is 7.87. The predicted molar refractivity (Wildman–Crippen MR) is 70.3 cm³/mol. The smallest absolute Gasteiger partial charge is 0.214 e. The molecule has 1 rings (SSSR count). The molecule has 1 fully saturated rings. The topological polar surface area (TPSA) is 75.4 Å². The van der Waals surface area contributed by atoms with Crippen molar-refractivity contribution in [3.8, 4) is 0 Å². The van der Waals surface area contributed by atoms with E-state index in [9.17, 15) is 8.42 Å². The zero-order chi connectivity index (χ0) is 13.1. The maximum atomic E-state index is 12.2. The highest BCUT2D eigenvalue weighted by atomic mass is 32.2. The first-order valence-corrected chi connectivity index (χ1v) is 7.77. The Morgan fingerprint density at radius 2 is 2.06 bits per heavy atom. The fourth-order valence-corrected chi connectivity index (χ4v) is 3.95. The molecule has 0 aromatic heterocycles. The first-order valence-electron chi connectivity index (χ1n) is 6.16. The van der Waals surface area contributed by atoms with Gasteiger partial charge in [0.2, 0.25) is 10.0 Å². The van der Waals surface area contributed by atoms with Crippen LogP contribution in [0.5, 0.6) is 0 Å². The molecule has 1 heterocycles. The maximum Gasteiger partial charge on any atom is 0.214 e. The second-order valence-electron chi connectivity index (χ2n) is 5.83. The summed E-state index contributed by atoms with van der Waals surface area (Å²) in [5.74, 6) is 0.215. The molecule has 1 unspecified atom stereocenters. The first kappa shape index (κ1) is 14.9. The van der Waals surface area contributed by atoms with E-state index in [4.69, 9.17) is 5.73 Å². The molecule has 1 saturated heterocycles. The van der Waals surface area contributed by atoms with E-state index in [0.29, 0.717) is 32.6 Å². The molecule has 1 atom stereocenters. The molecule has 17 heavy (non-hydrogen) atoms. The lowest BCUT2D eigenvalue weighted by molar-refractivity contribution is 0.270. The van der Waals surface area contributed by atoms with Gasteiger partial charge in [-0.1, -0.05) is 20.8 Å². The minimum Gasteiger partial charge on any atom is -0.329 e. The molecule has 5 nitrogen and oxygen atoms in total. The Balaban J connectivity index is 2.68. The Bertz CT molecular complexity index is 335. The largest absolute Gasteiger partial charge is 0.329 e. The van der Waals surface area contributed by atoms with Crippen LogP contribution in [0.3, 0.4) is 0 Å². The Hall–Kier alpha value is -0.170. The molecule has 0 aromatic carbocycles. The number of hydrogen-bond donors (Lipinski definition) is 2. The molecule has 0 amide bonds. The molecule has 0 spiro atoms. The third kappa shape index (κ3) is 4.54. The minimum absolute atomic E-state index is 0.0410. The summed E-state index contributed by atoms with van der Waals surface area (Å²) in [6.07, 6.45) is 0.677. The molecule has 1 aliphatic heterocycles. The molecule has 0 bridgehead atoms. The van der Waals surface area contributed by atoms with Gasteiger partial charge in [0, 0.05) is 32.2 Å². The van der Waals surface area contributed by atoms with E-state index in [1.165, 1.54) is 0 Å². The van der Waals surface area contributed by atoms with Gasteiger partial charge in [0.15, 0.2) is 0 Å². The van der Waals surface area contributed by atoms with Gasteiger partial charge in [0.25, 0.3) is 0 Å². The number of sulfonamides is 1. The van der Waals surface area contributed by atoms with Crippen LogP contribution in [0, 0.1) is 5.41 Å². The van der Waals surface area contributed by atoms with E-state index in [1.807, 2.05) is 0 Å². The summed E-state index contributed by atoms with van der Waals surface area (Å²) in [6.45, 7) is 8.45. The van der Waals surface area contributed by atoms with Crippen molar-refractivity contribution in [3.05, 3.63) is 0 Å². The van der Waals surface area contributed by atoms with Crippen LogP contribution in [-0.2, 0) is 10.0 Å². The molecule has 102 valence electrons. The number of nitrogens with two attached hydrogens (primary N) is 1. The lowest BCUT2D eigenvalue weighted by Gasteiger charge is -2.35. The number of rotatable bonds is 4. The fourth-order valence-electron chi connectivity index (χ4n) is 1.86. The van der Waals surface area contributed by atoms with Gasteiger partial charge >= 0.3 is 0 Å². The summed E-state index contributed by atoms with van der Waals surface area (Å²) >= 11 is 0. The van der Waals surface area contributed by atoms with Gasteiger partial charge in [0.1, 0.15) is 0 Å². The highest BCUT2D eigenvalue weighted by molar-refractivity contribution is 7.89. The van der Waals surface area contributed by atoms with Gasteiger partial charge in [-0.3, -0.25) is 0 Å². The van der Waals surface area contributed by atoms with Crippen molar-refractivity contribution in [1.29, 1.82) is 0 Å². The quantitative estimate of drug-likeness (QED) is 0.748. The van der Waals surface area contributed by atoms with Crippen LogP contribution in [0.25, 0.3) is 0 Å². The van der Waals surface area contributed by atoms with Gasteiger partial charge in [0.05, 0.1) is 5.75 Å². The minimum atomic E-state index is -3.16. The monoisotopic (exact) mass is 263 g/mol. The lowest BCUT2D eigenvalue weighted by Crippen LogP contribution is -2.56. The third-order valence-corrected chi connectivity index (χ3v) is 4.95. The van der Waals surface area contributed by atoms with Crippen molar-refractivity contribution in [2.75, 3.05) is 31.9 Å². The average Bonchev–Trinajstić information content (AvgIpc) is 2.26. The Labute approximate surface area is 105 Å². The van der Waals surface area contributed by atoms with E-state index in [1.54, 1.807) is 4.31 Å². The molecule has 3 N–H and O–H groups in total. The van der Waals surface area contributed by atoms with Crippen LogP contribution in [0.4, 0.5) is 0 Å². The van der Waals surface area contributed by atoms with Crippen LogP contribution < -0.4 is 11.1 Å². The van der Waals surface area contributed by atoms with Crippen molar-refractivity contribution < 1.29 is 8.42 Å². The van der Waals surface area contributed by atoms with E-state index in [0.717, 1.165) is 0 Å². The summed E-state index contributed by atoms with van der Waals surface area (Å²) in [5, 5.41) is 3.17. The molecule has 0 radical (unpaired) electrons. The SMILES string of the molecule is CC(C)(C)CCS(=O)(=O)N1CCNCC1CN. The van der Waals surface area contributed by atoms with Crippen LogP contribution in [0.1, 0.15) is 27.2 Å². The highest BCUT2D eigenvalue weighted by Gasteiger charge is 2.31. The van der Waals surface area contributed by atoms with Gasteiger partial charge in [-0.2, -0.15) is 4.31 Å². The molecular weight excluding hydrogens is 238 g/mol. The lowest BCUT2D eigenvalue weighted by atomic mass is 9.94. The fraction of sp³-hybridized carbons (Fsp3) is 1.00. The summed E-state index contributed by atoms with van der Waals surface area (Å²) in [5.41, 5.74) is 5.67. The Morgan fingerprint density at radius 3 is 2.59 bits per heavy atom. The van der Waals surface area contributed by atoms with Gasteiger partial charge < -0.3 is 11.1 Å². The van der Waals surface area contributed by atoms with Gasteiger partial charge in [-0.25, -0.2) is 8.42 Å². The van der Waals surface area contributed by atoms with Crippen LogP contribution in [0.2, 0.25) is 0 Å². The predicted octanol–water partition coefficient (Wildman–Crippen LogP) is -0.0151. The molecule has 6 heteroatoms. The second kappa shape index (κ2) is 5.65. The standard InChI is InChI=1S/C11H25N3O2S/c1-11(2,3)4-7-17(15,16)14-6-5-13-9-10(14)8-12/h10,13H,4-9,12H2,1-3H3. The van der Waals surface area contributed by atoms with E-state index < -0.39 is 10.0 Å². The summed E-state index contributed by atoms with van der Waals surface area (Å²) in [7, 11) is -3.16. The summed E-state index contributed by atoms with van der Waals surface area (Å²) in [4.78, 5) is 0. The Morgan fingerprint density at radius 1 is 1.41 bits per heavy atom. The average molecular weight is 263 g/mol. The molecular formula is C11H25N3O2S. The Kier molecular flexibility index (Phi) is 4.95. The normalized spacial score (nSPS) is 23.9. The zero-order valence-corrected chi connectivity index (χ0v) is 11.9. The summed E-state index contributed by atoms with van der Waals surface area (Å²) < 4.78 is 26.1. The molecule has 1 aliphatic rings. The van der Waals surface area contributed by atoms with Gasteiger partial charge in [-0.05, 0) is 11.8 Å². The van der Waals surface area contributed by atoms with Gasteiger partial charge in [-0.15, -0.1) is 0 Å². The van der Waals surface area contributed by atoms with Crippen molar-refractivity contribution in [2.45, 2.75) is 33.2 Å².